The summed E-state index contributed by atoms with van der Waals surface area (Å²) in [6.07, 6.45) is 5.32. The molecule has 0 aromatic carbocycles. The molecule has 120 valence electrons. The Kier molecular flexibility index (Phi) is 5.49. The highest BCUT2D eigenvalue weighted by Crippen LogP contribution is 2.31. The van der Waals surface area contributed by atoms with Crippen molar-refractivity contribution in [2.75, 3.05) is 10.6 Å². The van der Waals surface area contributed by atoms with Crippen LogP contribution in [-0.4, -0.2) is 22.8 Å². The van der Waals surface area contributed by atoms with E-state index in [-0.39, 0.29) is 23.8 Å². The van der Waals surface area contributed by atoms with Gasteiger partial charge in [0.15, 0.2) is 0 Å². The zero-order valence-corrected chi connectivity index (χ0v) is 13.1. The van der Waals surface area contributed by atoms with Crippen LogP contribution in [0.2, 0.25) is 0 Å². The largest absolute Gasteiger partial charge is 0.328 e. The van der Waals surface area contributed by atoms with Crippen molar-refractivity contribution in [2.24, 2.45) is 17.6 Å². The average molecular weight is 304 g/mol. The first-order chi connectivity index (χ1) is 10.5. The molecule has 2 rings (SSSR count). The molecule has 1 saturated carbocycles. The number of hydrogen-bond acceptors (Lipinski definition) is 4. The Morgan fingerprint density at radius 1 is 1.27 bits per heavy atom. The number of nitrogens with one attached hydrogen (secondary N) is 2. The Morgan fingerprint density at radius 2 is 1.95 bits per heavy atom. The molecule has 1 aliphatic rings. The van der Waals surface area contributed by atoms with E-state index >= 15 is 0 Å². The van der Waals surface area contributed by atoms with Gasteiger partial charge in [-0.15, -0.1) is 0 Å². The molecule has 0 aliphatic heterocycles. The van der Waals surface area contributed by atoms with E-state index in [1.54, 1.807) is 18.3 Å². The number of nitrogens with two attached hydrogens (primary N) is 1. The van der Waals surface area contributed by atoms with Crippen LogP contribution in [0.25, 0.3) is 0 Å². The molecule has 2 amide bonds. The average Bonchev–Trinajstić information content (AvgIpc) is 2.47. The molecule has 6 heteroatoms. The summed E-state index contributed by atoms with van der Waals surface area (Å²) >= 11 is 0. The van der Waals surface area contributed by atoms with Crippen molar-refractivity contribution < 1.29 is 9.59 Å². The van der Waals surface area contributed by atoms with Crippen molar-refractivity contribution in [3.8, 4) is 0 Å². The third kappa shape index (κ3) is 4.53. The van der Waals surface area contributed by atoms with Gasteiger partial charge in [0.1, 0.15) is 5.82 Å². The number of aromatic nitrogens is 1. The Morgan fingerprint density at radius 3 is 2.55 bits per heavy atom. The van der Waals surface area contributed by atoms with Crippen LogP contribution >= 0.6 is 0 Å². The van der Waals surface area contributed by atoms with Gasteiger partial charge in [-0.05, 0) is 44.6 Å². The van der Waals surface area contributed by atoms with Crippen LogP contribution in [0.4, 0.5) is 11.5 Å². The zero-order chi connectivity index (χ0) is 16.1. The fraction of sp³-hybridized carbons (Fsp3) is 0.562. The highest BCUT2D eigenvalue weighted by Gasteiger charge is 2.27. The number of anilines is 2. The van der Waals surface area contributed by atoms with Gasteiger partial charge in [-0.2, -0.15) is 0 Å². The maximum atomic E-state index is 12.3. The second kappa shape index (κ2) is 7.35. The lowest BCUT2D eigenvalue weighted by atomic mass is 9.79. The minimum Gasteiger partial charge on any atom is -0.328 e. The number of nitrogens with zero attached hydrogens (tertiary/aromatic N) is 1. The molecule has 1 unspecified atom stereocenters. The van der Waals surface area contributed by atoms with Crippen LogP contribution in [0, 0.1) is 11.8 Å². The lowest BCUT2D eigenvalue weighted by Gasteiger charge is -2.29. The van der Waals surface area contributed by atoms with Gasteiger partial charge in [0.25, 0.3) is 0 Å². The van der Waals surface area contributed by atoms with Crippen LogP contribution < -0.4 is 16.4 Å². The molecular formula is C16H24N4O2. The van der Waals surface area contributed by atoms with E-state index in [1.807, 2.05) is 6.92 Å². The van der Waals surface area contributed by atoms with Gasteiger partial charge in [0.05, 0.1) is 0 Å². The molecule has 0 saturated heterocycles. The highest BCUT2D eigenvalue weighted by molar-refractivity contribution is 5.93. The Balaban J connectivity index is 1.91. The first-order valence-electron chi connectivity index (χ1n) is 7.76. The molecule has 1 fully saturated rings. The summed E-state index contributed by atoms with van der Waals surface area (Å²) in [7, 11) is 0. The standard InChI is InChI=1S/C16H24N4O2/c1-10(17)12-3-5-13(6-4-12)16(22)20-14-7-8-18-15(9-14)19-11(2)21/h7-10,12-13H,3-6,17H2,1-2H3,(H2,18,19,20,21,22). The molecule has 1 aromatic heterocycles. The van der Waals surface area contributed by atoms with Crippen LogP contribution in [0.3, 0.4) is 0 Å². The molecule has 4 N–H and O–H groups in total. The molecule has 0 bridgehead atoms. The molecular weight excluding hydrogens is 280 g/mol. The molecule has 1 aliphatic carbocycles. The molecule has 1 aromatic rings. The summed E-state index contributed by atoms with van der Waals surface area (Å²) in [5, 5.41) is 5.51. The smallest absolute Gasteiger partial charge is 0.227 e. The van der Waals surface area contributed by atoms with Crippen molar-refractivity contribution in [2.45, 2.75) is 45.6 Å². The van der Waals surface area contributed by atoms with E-state index in [1.165, 1.54) is 6.92 Å². The van der Waals surface area contributed by atoms with Crippen LogP contribution in [-0.2, 0) is 9.59 Å². The quantitative estimate of drug-likeness (QED) is 0.793. The van der Waals surface area contributed by atoms with Gasteiger partial charge in [-0.25, -0.2) is 4.98 Å². The number of carbonyl (C=O) groups excluding carboxylic acids is 2. The lowest BCUT2D eigenvalue weighted by Crippen LogP contribution is -2.33. The maximum absolute atomic E-state index is 12.3. The van der Waals surface area contributed by atoms with Crippen molar-refractivity contribution >= 4 is 23.3 Å². The number of carbonyl (C=O) groups is 2. The predicted molar refractivity (Wildman–Crippen MR) is 86.3 cm³/mol. The van der Waals surface area contributed by atoms with Crippen molar-refractivity contribution in [1.29, 1.82) is 0 Å². The van der Waals surface area contributed by atoms with E-state index in [2.05, 4.69) is 15.6 Å². The van der Waals surface area contributed by atoms with Gasteiger partial charge < -0.3 is 16.4 Å². The van der Waals surface area contributed by atoms with Crippen LogP contribution in [0.5, 0.6) is 0 Å². The molecule has 1 heterocycles. The Bertz CT molecular complexity index is 537. The van der Waals surface area contributed by atoms with Gasteiger partial charge in [0, 0.05) is 36.8 Å². The minimum absolute atomic E-state index is 0.0306. The molecule has 22 heavy (non-hydrogen) atoms. The molecule has 1 atom stereocenters. The summed E-state index contributed by atoms with van der Waals surface area (Å²) in [6.45, 7) is 3.45. The van der Waals surface area contributed by atoms with Crippen molar-refractivity contribution in [3.05, 3.63) is 18.3 Å². The fourth-order valence-electron chi connectivity index (χ4n) is 2.91. The summed E-state index contributed by atoms with van der Waals surface area (Å²) in [5.74, 6) is 0.836. The molecule has 0 spiro atoms. The Hall–Kier alpha value is -1.95. The second-order valence-electron chi connectivity index (χ2n) is 6.07. The van der Waals surface area contributed by atoms with Gasteiger partial charge >= 0.3 is 0 Å². The topological polar surface area (TPSA) is 97.1 Å². The molecule has 0 radical (unpaired) electrons. The summed E-state index contributed by atoms with van der Waals surface area (Å²) in [4.78, 5) is 27.4. The fourth-order valence-corrected chi connectivity index (χ4v) is 2.91. The second-order valence-corrected chi connectivity index (χ2v) is 6.07. The van der Waals surface area contributed by atoms with E-state index in [4.69, 9.17) is 5.73 Å². The SMILES string of the molecule is CC(=O)Nc1cc(NC(=O)C2CCC(C(C)N)CC2)ccn1. The van der Waals surface area contributed by atoms with Crippen LogP contribution in [0.1, 0.15) is 39.5 Å². The van der Waals surface area contributed by atoms with Crippen molar-refractivity contribution in [3.63, 3.8) is 0 Å². The summed E-state index contributed by atoms with van der Waals surface area (Å²) < 4.78 is 0. The van der Waals surface area contributed by atoms with Crippen molar-refractivity contribution in [1.82, 2.24) is 4.98 Å². The number of hydrogen-bond donors (Lipinski definition) is 3. The number of pyridine rings is 1. The van der Waals surface area contributed by atoms with E-state index in [0.717, 1.165) is 25.7 Å². The predicted octanol–water partition coefficient (Wildman–Crippen LogP) is 2.13. The van der Waals surface area contributed by atoms with E-state index in [9.17, 15) is 9.59 Å². The minimum atomic E-state index is -0.190. The van der Waals surface area contributed by atoms with Gasteiger partial charge in [0.2, 0.25) is 11.8 Å². The van der Waals surface area contributed by atoms with E-state index < -0.39 is 0 Å². The lowest BCUT2D eigenvalue weighted by molar-refractivity contribution is -0.121. The normalized spacial score (nSPS) is 22.7. The molecule has 6 nitrogen and oxygen atoms in total. The van der Waals surface area contributed by atoms with Gasteiger partial charge in [-0.1, -0.05) is 0 Å². The first kappa shape index (κ1) is 16.4. The highest BCUT2D eigenvalue weighted by atomic mass is 16.2. The first-order valence-corrected chi connectivity index (χ1v) is 7.76. The number of rotatable bonds is 4. The third-order valence-electron chi connectivity index (χ3n) is 4.22. The Labute approximate surface area is 130 Å². The van der Waals surface area contributed by atoms with Gasteiger partial charge in [-0.3, -0.25) is 9.59 Å². The monoisotopic (exact) mass is 304 g/mol. The zero-order valence-electron chi connectivity index (χ0n) is 13.1. The summed E-state index contributed by atoms with van der Waals surface area (Å²) in [6, 6.07) is 3.58. The maximum Gasteiger partial charge on any atom is 0.227 e. The van der Waals surface area contributed by atoms with E-state index in [0.29, 0.717) is 17.4 Å². The third-order valence-corrected chi connectivity index (χ3v) is 4.22. The van der Waals surface area contributed by atoms with Crippen LogP contribution in [0.15, 0.2) is 18.3 Å². The summed E-state index contributed by atoms with van der Waals surface area (Å²) in [5.41, 5.74) is 6.58. The number of amides is 2.